The Kier molecular flexibility index (Phi) is 4.54. The maximum atomic E-state index is 12.1. The second-order valence-electron chi connectivity index (χ2n) is 3.47. The van der Waals surface area contributed by atoms with Gasteiger partial charge in [0.15, 0.2) is 11.7 Å². The fraction of sp³-hybridized carbons (Fsp3) is 0.200. The van der Waals surface area contributed by atoms with Gasteiger partial charge in [0.05, 0.1) is 5.69 Å². The van der Waals surface area contributed by atoms with Crippen molar-refractivity contribution in [2.75, 3.05) is 11.9 Å². The van der Waals surface area contributed by atoms with Crippen molar-refractivity contribution < 1.29 is 22.7 Å². The molecule has 0 aromatic heterocycles. The van der Waals surface area contributed by atoms with Gasteiger partial charge in [-0.05, 0) is 30.4 Å². The molecule has 0 heterocycles. The minimum atomic E-state index is -4.48. The van der Waals surface area contributed by atoms with Crippen LogP contribution < -0.4 is 21.5 Å². The van der Waals surface area contributed by atoms with Gasteiger partial charge in [-0.3, -0.25) is 4.79 Å². The molecule has 0 saturated heterocycles. The molecule has 0 aliphatic heterocycles. The number of nitrogens with one attached hydrogen (secondary N) is 1. The van der Waals surface area contributed by atoms with Crippen LogP contribution in [0.4, 0.5) is 18.9 Å². The van der Waals surface area contributed by atoms with Crippen LogP contribution in [0.15, 0.2) is 18.2 Å². The van der Waals surface area contributed by atoms with Crippen LogP contribution >= 0.6 is 12.2 Å². The smallest absolute Gasteiger partial charge is 0.422 e. The lowest BCUT2D eigenvalue weighted by atomic mass is 10.2. The molecule has 0 radical (unpaired) electrons. The first-order valence-electron chi connectivity index (χ1n) is 4.89. The molecule has 1 aromatic rings. The van der Waals surface area contributed by atoms with Gasteiger partial charge in [-0.25, -0.2) is 0 Å². The number of anilines is 1. The molecule has 5 N–H and O–H groups in total. The Labute approximate surface area is 111 Å². The molecule has 0 spiro atoms. The zero-order valence-electron chi connectivity index (χ0n) is 9.45. The van der Waals surface area contributed by atoms with E-state index in [4.69, 9.17) is 11.5 Å². The predicted molar refractivity (Wildman–Crippen MR) is 66.9 cm³/mol. The summed E-state index contributed by atoms with van der Waals surface area (Å²) in [6.45, 7) is -1.48. The van der Waals surface area contributed by atoms with E-state index in [-0.39, 0.29) is 22.1 Å². The fourth-order valence-electron chi connectivity index (χ4n) is 1.20. The standard InChI is InChI=1S/C10H10F3N3O2S/c11-10(12,13)4-18-7-2-1-5(8(14)17)3-6(7)16-9(15)19/h1-3H,4H2,(H2,14,17)(H3,15,16,19). The van der Waals surface area contributed by atoms with Crippen molar-refractivity contribution in [1.29, 1.82) is 0 Å². The second kappa shape index (κ2) is 5.74. The van der Waals surface area contributed by atoms with Gasteiger partial charge in [-0.15, -0.1) is 0 Å². The van der Waals surface area contributed by atoms with Crippen molar-refractivity contribution in [3.8, 4) is 5.75 Å². The number of alkyl halides is 3. The molecule has 1 aromatic carbocycles. The third kappa shape index (κ3) is 5.00. The molecular formula is C10H10F3N3O2S. The van der Waals surface area contributed by atoms with Crippen molar-refractivity contribution in [3.63, 3.8) is 0 Å². The van der Waals surface area contributed by atoms with Crippen molar-refractivity contribution in [1.82, 2.24) is 0 Å². The van der Waals surface area contributed by atoms with Crippen LogP contribution in [0.25, 0.3) is 0 Å². The third-order valence-electron chi connectivity index (χ3n) is 1.91. The molecule has 1 rings (SSSR count). The summed E-state index contributed by atoms with van der Waals surface area (Å²) in [4.78, 5) is 11.0. The van der Waals surface area contributed by atoms with Gasteiger partial charge in [-0.1, -0.05) is 0 Å². The van der Waals surface area contributed by atoms with E-state index < -0.39 is 18.7 Å². The largest absolute Gasteiger partial charge is 0.482 e. The van der Waals surface area contributed by atoms with Crippen LogP contribution in [0.1, 0.15) is 10.4 Å². The molecule has 0 aliphatic carbocycles. The van der Waals surface area contributed by atoms with Crippen LogP contribution in [-0.2, 0) is 0 Å². The first-order chi connectivity index (χ1) is 8.69. The van der Waals surface area contributed by atoms with E-state index in [2.05, 4.69) is 22.3 Å². The molecule has 19 heavy (non-hydrogen) atoms. The summed E-state index contributed by atoms with van der Waals surface area (Å²) in [5, 5.41) is 2.23. The van der Waals surface area contributed by atoms with Crippen molar-refractivity contribution in [2.24, 2.45) is 11.5 Å². The van der Waals surface area contributed by atoms with Crippen LogP contribution in [0.3, 0.4) is 0 Å². The minimum Gasteiger partial charge on any atom is -0.482 e. The van der Waals surface area contributed by atoms with E-state index in [0.717, 1.165) is 0 Å². The lowest BCUT2D eigenvalue weighted by Gasteiger charge is -2.14. The number of nitrogens with two attached hydrogens (primary N) is 2. The van der Waals surface area contributed by atoms with E-state index in [0.29, 0.717) is 0 Å². The average Bonchev–Trinajstić information content (AvgIpc) is 2.25. The Balaban J connectivity index is 3.01. The third-order valence-corrected chi connectivity index (χ3v) is 2.02. The molecule has 0 unspecified atom stereocenters. The molecule has 0 bridgehead atoms. The highest BCUT2D eigenvalue weighted by Gasteiger charge is 2.29. The summed E-state index contributed by atoms with van der Waals surface area (Å²) in [5.74, 6) is -0.886. The Hall–Kier alpha value is -2.03. The lowest BCUT2D eigenvalue weighted by molar-refractivity contribution is -0.153. The summed E-state index contributed by atoms with van der Waals surface area (Å²) >= 11 is 4.58. The highest BCUT2D eigenvalue weighted by molar-refractivity contribution is 7.80. The fourth-order valence-corrected chi connectivity index (χ4v) is 1.31. The highest BCUT2D eigenvalue weighted by atomic mass is 32.1. The van der Waals surface area contributed by atoms with E-state index >= 15 is 0 Å². The molecule has 0 saturated carbocycles. The van der Waals surface area contributed by atoms with Gasteiger partial charge in [0.1, 0.15) is 5.75 Å². The van der Waals surface area contributed by atoms with Crippen LogP contribution in [0, 0.1) is 0 Å². The molecule has 5 nitrogen and oxygen atoms in total. The number of thiocarbonyl (C=S) groups is 1. The second-order valence-corrected chi connectivity index (χ2v) is 3.91. The number of primary amides is 1. The summed E-state index contributed by atoms with van der Waals surface area (Å²) in [7, 11) is 0. The van der Waals surface area contributed by atoms with Crippen molar-refractivity contribution in [2.45, 2.75) is 6.18 Å². The normalized spacial score (nSPS) is 10.9. The summed E-state index contributed by atoms with van der Waals surface area (Å²) < 4.78 is 40.8. The molecule has 9 heteroatoms. The zero-order chi connectivity index (χ0) is 14.6. The number of amides is 1. The molecule has 0 fully saturated rings. The topological polar surface area (TPSA) is 90.4 Å². The van der Waals surface area contributed by atoms with Gasteiger partial charge in [0, 0.05) is 5.56 Å². The average molecular weight is 293 g/mol. The molecule has 104 valence electrons. The first kappa shape index (κ1) is 15.0. The monoisotopic (exact) mass is 293 g/mol. The van der Waals surface area contributed by atoms with E-state index in [1.54, 1.807) is 0 Å². The predicted octanol–water partition coefficient (Wildman–Crippen LogP) is 1.38. The van der Waals surface area contributed by atoms with Crippen LogP contribution in [-0.4, -0.2) is 23.8 Å². The highest BCUT2D eigenvalue weighted by Crippen LogP contribution is 2.27. The maximum absolute atomic E-state index is 12.1. The summed E-state index contributed by atoms with van der Waals surface area (Å²) in [5.41, 5.74) is 10.4. The Morgan fingerprint density at radius 3 is 2.47 bits per heavy atom. The molecular weight excluding hydrogens is 283 g/mol. The van der Waals surface area contributed by atoms with Gasteiger partial charge in [0.25, 0.3) is 0 Å². The number of halogens is 3. The molecule has 0 aliphatic rings. The first-order valence-corrected chi connectivity index (χ1v) is 5.30. The number of hydrogen-bond donors (Lipinski definition) is 3. The number of carbonyl (C=O) groups is 1. The number of carbonyl (C=O) groups excluding carboxylic acids is 1. The van der Waals surface area contributed by atoms with Gasteiger partial charge >= 0.3 is 6.18 Å². The van der Waals surface area contributed by atoms with Crippen molar-refractivity contribution >= 4 is 28.9 Å². The number of hydrogen-bond acceptors (Lipinski definition) is 3. The van der Waals surface area contributed by atoms with Crippen LogP contribution in [0.2, 0.25) is 0 Å². The Morgan fingerprint density at radius 2 is 2.00 bits per heavy atom. The number of rotatable bonds is 4. The van der Waals surface area contributed by atoms with E-state index in [1.165, 1.54) is 18.2 Å². The molecule has 0 atom stereocenters. The lowest BCUT2D eigenvalue weighted by Crippen LogP contribution is -2.23. The number of ether oxygens (including phenoxy) is 1. The minimum absolute atomic E-state index is 0.0352. The quantitative estimate of drug-likeness (QED) is 0.730. The summed E-state index contributed by atoms with van der Waals surface area (Å²) in [6.07, 6.45) is -4.48. The SMILES string of the molecule is NC(=O)c1ccc(OCC(F)(F)F)c(NC(N)=S)c1. The Morgan fingerprint density at radius 1 is 1.37 bits per heavy atom. The Bertz CT molecular complexity index is 505. The zero-order valence-corrected chi connectivity index (χ0v) is 10.3. The molecule has 1 amide bonds. The van der Waals surface area contributed by atoms with Gasteiger partial charge < -0.3 is 21.5 Å². The van der Waals surface area contributed by atoms with Crippen LogP contribution in [0.5, 0.6) is 5.75 Å². The van der Waals surface area contributed by atoms with Gasteiger partial charge in [0.2, 0.25) is 5.91 Å². The van der Waals surface area contributed by atoms with Crippen molar-refractivity contribution in [3.05, 3.63) is 23.8 Å². The van der Waals surface area contributed by atoms with E-state index in [1.807, 2.05) is 0 Å². The van der Waals surface area contributed by atoms with Gasteiger partial charge in [-0.2, -0.15) is 13.2 Å². The number of benzene rings is 1. The maximum Gasteiger partial charge on any atom is 0.422 e. The summed E-state index contributed by atoms with van der Waals surface area (Å²) in [6, 6.07) is 3.61. The van der Waals surface area contributed by atoms with E-state index in [9.17, 15) is 18.0 Å².